The second-order valence-corrected chi connectivity index (χ2v) is 2.55. The van der Waals surface area contributed by atoms with Crippen LogP contribution in [0.5, 0.6) is 0 Å². The standard InChI is InChI=1S/C6H17N3/c1-6(2)5-8-3-4-9-7/h6,8-9H,3-5,7H2,1-2H3. The summed E-state index contributed by atoms with van der Waals surface area (Å²) in [6.45, 7) is 7.23. The van der Waals surface area contributed by atoms with E-state index in [4.69, 9.17) is 5.84 Å². The van der Waals surface area contributed by atoms with Crippen molar-refractivity contribution >= 4 is 0 Å². The summed E-state index contributed by atoms with van der Waals surface area (Å²) in [6.07, 6.45) is 0. The Balaban J connectivity index is 2.75. The molecule has 0 aromatic rings. The van der Waals surface area contributed by atoms with Crippen molar-refractivity contribution in [2.45, 2.75) is 13.8 Å². The maximum Gasteiger partial charge on any atom is 0.0223 e. The molecule has 0 spiro atoms. The first kappa shape index (κ1) is 8.88. The summed E-state index contributed by atoms with van der Waals surface area (Å²) in [5.41, 5.74) is 2.58. The molecule has 0 aliphatic carbocycles. The third kappa shape index (κ3) is 7.88. The van der Waals surface area contributed by atoms with Gasteiger partial charge in [-0.2, -0.15) is 0 Å². The summed E-state index contributed by atoms with van der Waals surface area (Å²) in [7, 11) is 0. The Morgan fingerprint density at radius 2 is 2.00 bits per heavy atom. The van der Waals surface area contributed by atoms with Gasteiger partial charge in [-0.25, -0.2) is 0 Å². The molecule has 0 aliphatic rings. The molecular weight excluding hydrogens is 114 g/mol. The molecule has 4 N–H and O–H groups in total. The third-order valence-electron chi connectivity index (χ3n) is 0.999. The fourth-order valence-corrected chi connectivity index (χ4v) is 0.551. The van der Waals surface area contributed by atoms with Gasteiger partial charge in [-0.15, -0.1) is 0 Å². The monoisotopic (exact) mass is 131 g/mol. The molecule has 0 amide bonds. The van der Waals surface area contributed by atoms with Gasteiger partial charge in [-0.3, -0.25) is 11.3 Å². The quantitative estimate of drug-likeness (QED) is 0.273. The fourth-order valence-electron chi connectivity index (χ4n) is 0.551. The van der Waals surface area contributed by atoms with E-state index in [1.54, 1.807) is 0 Å². The summed E-state index contributed by atoms with van der Waals surface area (Å²) >= 11 is 0. The van der Waals surface area contributed by atoms with Gasteiger partial charge in [0.2, 0.25) is 0 Å². The van der Waals surface area contributed by atoms with Gasteiger partial charge in [0.25, 0.3) is 0 Å². The highest BCUT2D eigenvalue weighted by Gasteiger charge is 1.89. The zero-order chi connectivity index (χ0) is 7.11. The summed E-state index contributed by atoms with van der Waals surface area (Å²) in [4.78, 5) is 0. The lowest BCUT2D eigenvalue weighted by atomic mass is 10.2. The van der Waals surface area contributed by atoms with E-state index >= 15 is 0 Å². The van der Waals surface area contributed by atoms with Crippen molar-refractivity contribution in [2.24, 2.45) is 11.8 Å². The van der Waals surface area contributed by atoms with E-state index in [9.17, 15) is 0 Å². The number of hydrazine groups is 1. The topological polar surface area (TPSA) is 50.1 Å². The van der Waals surface area contributed by atoms with Crippen LogP contribution in [0.25, 0.3) is 0 Å². The second-order valence-electron chi connectivity index (χ2n) is 2.55. The minimum absolute atomic E-state index is 0.725. The molecule has 0 aromatic heterocycles. The minimum atomic E-state index is 0.725. The molecule has 0 atom stereocenters. The average molecular weight is 131 g/mol. The number of hydrogen-bond acceptors (Lipinski definition) is 3. The van der Waals surface area contributed by atoms with Crippen molar-refractivity contribution in [3.8, 4) is 0 Å². The van der Waals surface area contributed by atoms with Crippen molar-refractivity contribution in [2.75, 3.05) is 19.6 Å². The molecule has 0 radical (unpaired) electrons. The van der Waals surface area contributed by atoms with Crippen molar-refractivity contribution in [3.05, 3.63) is 0 Å². The normalized spacial score (nSPS) is 10.7. The van der Waals surface area contributed by atoms with Gasteiger partial charge in [0, 0.05) is 13.1 Å². The van der Waals surface area contributed by atoms with E-state index in [0.717, 1.165) is 25.6 Å². The molecule has 56 valence electrons. The fraction of sp³-hybridized carbons (Fsp3) is 1.00. The van der Waals surface area contributed by atoms with Crippen molar-refractivity contribution in [3.63, 3.8) is 0 Å². The lowest BCUT2D eigenvalue weighted by Crippen LogP contribution is -2.33. The van der Waals surface area contributed by atoms with E-state index in [-0.39, 0.29) is 0 Å². The van der Waals surface area contributed by atoms with E-state index in [1.807, 2.05) is 0 Å². The first-order valence-corrected chi connectivity index (χ1v) is 3.41. The average Bonchev–Trinajstić information content (AvgIpc) is 1.80. The van der Waals surface area contributed by atoms with E-state index in [1.165, 1.54) is 0 Å². The van der Waals surface area contributed by atoms with Crippen LogP contribution in [0.15, 0.2) is 0 Å². The van der Waals surface area contributed by atoms with Crippen molar-refractivity contribution in [1.82, 2.24) is 10.7 Å². The third-order valence-corrected chi connectivity index (χ3v) is 0.999. The van der Waals surface area contributed by atoms with E-state index < -0.39 is 0 Å². The summed E-state index contributed by atoms with van der Waals surface area (Å²) < 4.78 is 0. The van der Waals surface area contributed by atoms with Crippen LogP contribution in [0, 0.1) is 5.92 Å². The Morgan fingerprint density at radius 3 is 2.44 bits per heavy atom. The molecule has 0 saturated carbocycles. The highest BCUT2D eigenvalue weighted by molar-refractivity contribution is 4.50. The van der Waals surface area contributed by atoms with Crippen molar-refractivity contribution < 1.29 is 0 Å². The predicted molar refractivity (Wildman–Crippen MR) is 39.9 cm³/mol. The maximum atomic E-state index is 5.06. The Morgan fingerprint density at radius 1 is 1.33 bits per heavy atom. The number of nitrogens with two attached hydrogens (primary N) is 1. The maximum absolute atomic E-state index is 5.06. The first-order valence-electron chi connectivity index (χ1n) is 3.41. The van der Waals surface area contributed by atoms with Gasteiger partial charge in [0.05, 0.1) is 0 Å². The van der Waals surface area contributed by atoms with Crippen LogP contribution < -0.4 is 16.6 Å². The van der Waals surface area contributed by atoms with Gasteiger partial charge in [-0.1, -0.05) is 13.8 Å². The number of hydrogen-bond donors (Lipinski definition) is 3. The molecule has 3 nitrogen and oxygen atoms in total. The summed E-state index contributed by atoms with van der Waals surface area (Å²) in [5, 5.41) is 3.24. The number of nitrogens with one attached hydrogen (secondary N) is 2. The molecule has 3 heteroatoms. The molecule has 0 rings (SSSR count). The van der Waals surface area contributed by atoms with Gasteiger partial charge in [-0.05, 0) is 12.5 Å². The molecular formula is C6H17N3. The zero-order valence-corrected chi connectivity index (χ0v) is 6.28. The molecule has 0 bridgehead atoms. The smallest absolute Gasteiger partial charge is 0.0223 e. The highest BCUT2D eigenvalue weighted by atomic mass is 15.2. The van der Waals surface area contributed by atoms with Crippen LogP contribution in [0.2, 0.25) is 0 Å². The molecule has 0 aliphatic heterocycles. The molecule has 0 saturated heterocycles. The van der Waals surface area contributed by atoms with Crippen LogP contribution in [-0.2, 0) is 0 Å². The van der Waals surface area contributed by atoms with Crippen LogP contribution in [0.4, 0.5) is 0 Å². The molecule has 0 fully saturated rings. The van der Waals surface area contributed by atoms with Crippen molar-refractivity contribution in [1.29, 1.82) is 0 Å². The van der Waals surface area contributed by atoms with Crippen LogP contribution in [-0.4, -0.2) is 19.6 Å². The Hall–Kier alpha value is -0.120. The van der Waals surface area contributed by atoms with Gasteiger partial charge >= 0.3 is 0 Å². The van der Waals surface area contributed by atoms with Crippen LogP contribution >= 0.6 is 0 Å². The second kappa shape index (κ2) is 6.01. The lowest BCUT2D eigenvalue weighted by molar-refractivity contribution is 0.540. The molecule has 0 unspecified atom stereocenters. The summed E-state index contributed by atoms with van der Waals surface area (Å²) in [5.74, 6) is 5.78. The highest BCUT2D eigenvalue weighted by Crippen LogP contribution is 1.85. The SMILES string of the molecule is CC(C)CNCCNN. The van der Waals surface area contributed by atoms with Gasteiger partial charge in [0.15, 0.2) is 0 Å². The number of rotatable bonds is 5. The van der Waals surface area contributed by atoms with E-state index in [2.05, 4.69) is 24.6 Å². The first-order chi connectivity index (χ1) is 4.27. The Bertz CT molecular complexity index is 54.3. The van der Waals surface area contributed by atoms with E-state index in [0.29, 0.717) is 0 Å². The predicted octanol–water partition coefficient (Wildman–Crippen LogP) is -0.305. The Kier molecular flexibility index (Phi) is 5.93. The largest absolute Gasteiger partial charge is 0.315 e. The molecule has 0 aromatic carbocycles. The summed E-state index contributed by atoms with van der Waals surface area (Å²) in [6, 6.07) is 0. The van der Waals surface area contributed by atoms with Crippen LogP contribution in [0.3, 0.4) is 0 Å². The lowest BCUT2D eigenvalue weighted by Gasteiger charge is -2.05. The Labute approximate surface area is 57.0 Å². The van der Waals surface area contributed by atoms with Crippen LogP contribution in [0.1, 0.15) is 13.8 Å². The molecule has 9 heavy (non-hydrogen) atoms. The van der Waals surface area contributed by atoms with Gasteiger partial charge in [0.1, 0.15) is 0 Å². The molecule has 0 heterocycles. The zero-order valence-electron chi connectivity index (χ0n) is 6.28. The minimum Gasteiger partial charge on any atom is -0.315 e. The van der Waals surface area contributed by atoms with Gasteiger partial charge < -0.3 is 5.32 Å².